The summed E-state index contributed by atoms with van der Waals surface area (Å²) < 4.78 is 4.91. The molecule has 18 heavy (non-hydrogen) atoms. The average molecular weight is 243 g/mol. The zero-order valence-electron chi connectivity index (χ0n) is 10.6. The number of esters is 1. The van der Waals surface area contributed by atoms with Crippen molar-refractivity contribution in [3.05, 3.63) is 41.5 Å². The topological polar surface area (TPSA) is 38.3 Å². The molecule has 3 nitrogen and oxygen atoms in total. The zero-order valence-corrected chi connectivity index (χ0v) is 10.6. The van der Waals surface area contributed by atoms with E-state index < -0.39 is 0 Å². The van der Waals surface area contributed by atoms with Gasteiger partial charge in [0.25, 0.3) is 0 Å². The van der Waals surface area contributed by atoms with Crippen LogP contribution in [-0.2, 0) is 9.53 Å². The van der Waals surface area contributed by atoms with Crippen LogP contribution in [0.5, 0.6) is 0 Å². The minimum Gasteiger partial charge on any atom is -0.467 e. The summed E-state index contributed by atoms with van der Waals surface area (Å²) >= 11 is 0. The Morgan fingerprint density at radius 2 is 2.28 bits per heavy atom. The predicted molar refractivity (Wildman–Crippen MR) is 70.6 cm³/mol. The minimum absolute atomic E-state index is 0.167. The molecule has 0 amide bonds. The third-order valence-corrected chi connectivity index (χ3v) is 3.97. The third kappa shape index (κ3) is 1.62. The van der Waals surface area contributed by atoms with Crippen LogP contribution in [0.15, 0.2) is 30.4 Å². The molecule has 1 N–H and O–H groups in total. The van der Waals surface area contributed by atoms with E-state index in [1.54, 1.807) is 0 Å². The van der Waals surface area contributed by atoms with Gasteiger partial charge in [-0.3, -0.25) is 0 Å². The Hall–Kier alpha value is -1.77. The van der Waals surface area contributed by atoms with Crippen molar-refractivity contribution in [2.45, 2.75) is 25.3 Å². The molecule has 3 rings (SSSR count). The molecule has 1 aromatic carbocycles. The van der Waals surface area contributed by atoms with Gasteiger partial charge >= 0.3 is 5.97 Å². The molecule has 0 saturated carbocycles. The lowest BCUT2D eigenvalue weighted by Crippen LogP contribution is -2.42. The number of ether oxygens (including phenoxy) is 1. The van der Waals surface area contributed by atoms with E-state index in [-0.39, 0.29) is 17.9 Å². The van der Waals surface area contributed by atoms with E-state index in [4.69, 9.17) is 4.74 Å². The SMILES string of the molecule is COC(=O)[C@H]1Nc2ccc(C)cc2[C@H]2C=CC[C@@H]12. The predicted octanol–water partition coefficient (Wildman–Crippen LogP) is 2.62. The van der Waals surface area contributed by atoms with Gasteiger partial charge in [0.2, 0.25) is 0 Å². The number of benzene rings is 1. The van der Waals surface area contributed by atoms with Crippen LogP contribution in [0.25, 0.3) is 0 Å². The van der Waals surface area contributed by atoms with Gasteiger partial charge < -0.3 is 10.1 Å². The fraction of sp³-hybridized carbons (Fsp3) is 0.400. The van der Waals surface area contributed by atoms with Gasteiger partial charge in [-0.2, -0.15) is 0 Å². The first-order valence-electron chi connectivity index (χ1n) is 6.32. The second-order valence-corrected chi connectivity index (χ2v) is 5.09. The Bertz CT molecular complexity index is 521. The molecular weight excluding hydrogens is 226 g/mol. The molecule has 1 aliphatic carbocycles. The number of aryl methyl sites for hydroxylation is 1. The molecule has 94 valence electrons. The normalized spacial score (nSPS) is 28.2. The van der Waals surface area contributed by atoms with Crippen LogP contribution in [-0.4, -0.2) is 19.1 Å². The smallest absolute Gasteiger partial charge is 0.328 e. The molecule has 0 saturated heterocycles. The lowest BCUT2D eigenvalue weighted by molar-refractivity contribution is -0.142. The highest BCUT2D eigenvalue weighted by atomic mass is 16.5. The second-order valence-electron chi connectivity index (χ2n) is 5.09. The highest BCUT2D eigenvalue weighted by molar-refractivity contribution is 5.82. The quantitative estimate of drug-likeness (QED) is 0.608. The fourth-order valence-corrected chi connectivity index (χ4v) is 3.07. The van der Waals surface area contributed by atoms with Gasteiger partial charge in [-0.1, -0.05) is 29.8 Å². The summed E-state index contributed by atoms with van der Waals surface area (Å²) in [6, 6.07) is 6.11. The van der Waals surface area contributed by atoms with Crippen molar-refractivity contribution in [3.63, 3.8) is 0 Å². The third-order valence-electron chi connectivity index (χ3n) is 3.97. The van der Waals surface area contributed by atoms with Crippen molar-refractivity contribution in [1.82, 2.24) is 0 Å². The molecule has 3 heteroatoms. The van der Waals surface area contributed by atoms with Crippen LogP contribution in [0.4, 0.5) is 5.69 Å². The van der Waals surface area contributed by atoms with Crippen molar-refractivity contribution < 1.29 is 9.53 Å². The van der Waals surface area contributed by atoms with Crippen molar-refractivity contribution >= 4 is 11.7 Å². The molecule has 0 bridgehead atoms. The van der Waals surface area contributed by atoms with E-state index in [0.29, 0.717) is 5.92 Å². The van der Waals surface area contributed by atoms with Gasteiger partial charge in [0.15, 0.2) is 0 Å². The molecule has 3 atom stereocenters. The van der Waals surface area contributed by atoms with Crippen molar-refractivity contribution in [3.8, 4) is 0 Å². The zero-order chi connectivity index (χ0) is 12.7. The number of hydrogen-bond acceptors (Lipinski definition) is 3. The summed E-state index contributed by atoms with van der Waals surface area (Å²) in [6.07, 6.45) is 5.33. The molecule has 0 unspecified atom stereocenters. The molecule has 1 heterocycles. The molecule has 0 radical (unpaired) electrons. The molecule has 2 aliphatic rings. The Morgan fingerprint density at radius 3 is 3.06 bits per heavy atom. The Labute approximate surface area is 107 Å². The minimum atomic E-state index is -0.231. The maximum Gasteiger partial charge on any atom is 0.328 e. The number of rotatable bonds is 1. The standard InChI is InChI=1S/C15H17NO2/c1-9-6-7-13-12(8-9)10-4-3-5-11(10)14(16-13)15(17)18-2/h3-4,6-8,10-11,14,16H,5H2,1-2H3/t10-,11+,14-/m0/s1. The highest BCUT2D eigenvalue weighted by Crippen LogP contribution is 2.44. The van der Waals surface area contributed by atoms with Crippen LogP contribution in [0.2, 0.25) is 0 Å². The van der Waals surface area contributed by atoms with Gasteiger partial charge in [-0.25, -0.2) is 4.79 Å². The van der Waals surface area contributed by atoms with E-state index >= 15 is 0 Å². The lowest BCUT2D eigenvalue weighted by atomic mass is 9.79. The number of carbonyl (C=O) groups excluding carboxylic acids is 1. The van der Waals surface area contributed by atoms with E-state index in [0.717, 1.165) is 12.1 Å². The number of nitrogens with one attached hydrogen (secondary N) is 1. The van der Waals surface area contributed by atoms with Crippen LogP contribution >= 0.6 is 0 Å². The molecular formula is C15H17NO2. The molecule has 0 spiro atoms. The Morgan fingerprint density at radius 1 is 1.44 bits per heavy atom. The number of carbonyl (C=O) groups is 1. The van der Waals surface area contributed by atoms with Crippen LogP contribution in [0.3, 0.4) is 0 Å². The van der Waals surface area contributed by atoms with Crippen LogP contribution in [0, 0.1) is 12.8 Å². The van der Waals surface area contributed by atoms with Crippen molar-refractivity contribution in [1.29, 1.82) is 0 Å². The summed E-state index contributed by atoms with van der Waals surface area (Å²) in [5, 5.41) is 3.33. The van der Waals surface area contributed by atoms with E-state index in [1.165, 1.54) is 18.2 Å². The number of hydrogen-bond donors (Lipinski definition) is 1. The average Bonchev–Trinajstić information content (AvgIpc) is 2.86. The van der Waals surface area contributed by atoms with Crippen LogP contribution in [0.1, 0.15) is 23.5 Å². The monoisotopic (exact) mass is 243 g/mol. The number of methoxy groups -OCH3 is 1. The number of allylic oxidation sites excluding steroid dienone is 2. The Kier molecular flexibility index (Phi) is 2.62. The van der Waals surface area contributed by atoms with Crippen LogP contribution < -0.4 is 5.32 Å². The van der Waals surface area contributed by atoms with Crippen molar-refractivity contribution in [2.75, 3.05) is 12.4 Å². The van der Waals surface area contributed by atoms with Crippen molar-refractivity contribution in [2.24, 2.45) is 5.92 Å². The Balaban J connectivity index is 2.04. The van der Waals surface area contributed by atoms with Gasteiger partial charge in [-0.05, 0) is 25.0 Å². The summed E-state index contributed by atoms with van der Waals surface area (Å²) in [5.41, 5.74) is 3.61. The lowest BCUT2D eigenvalue weighted by Gasteiger charge is -2.35. The first kappa shape index (κ1) is 11.3. The van der Waals surface area contributed by atoms with Gasteiger partial charge in [-0.15, -0.1) is 0 Å². The summed E-state index contributed by atoms with van der Waals surface area (Å²) in [7, 11) is 1.45. The number of fused-ring (bicyclic) bond motifs is 3. The first-order valence-corrected chi connectivity index (χ1v) is 6.32. The van der Waals surface area contributed by atoms with Gasteiger partial charge in [0, 0.05) is 17.5 Å². The summed E-state index contributed by atoms with van der Waals surface area (Å²) in [5.74, 6) is 0.455. The maximum absolute atomic E-state index is 11.9. The van der Waals surface area contributed by atoms with Gasteiger partial charge in [0.05, 0.1) is 7.11 Å². The molecule has 1 aliphatic heterocycles. The molecule has 1 aromatic rings. The largest absolute Gasteiger partial charge is 0.467 e. The summed E-state index contributed by atoms with van der Waals surface area (Å²) in [4.78, 5) is 11.9. The van der Waals surface area contributed by atoms with E-state index in [1.807, 2.05) is 0 Å². The maximum atomic E-state index is 11.9. The molecule has 0 aromatic heterocycles. The molecule has 0 fully saturated rings. The van der Waals surface area contributed by atoms with E-state index in [9.17, 15) is 4.79 Å². The first-order chi connectivity index (χ1) is 8.70. The second kappa shape index (κ2) is 4.16. The van der Waals surface area contributed by atoms with Gasteiger partial charge in [0.1, 0.15) is 6.04 Å². The summed E-state index contributed by atoms with van der Waals surface area (Å²) in [6.45, 7) is 2.10. The fourth-order valence-electron chi connectivity index (χ4n) is 3.07. The van der Waals surface area contributed by atoms with E-state index in [2.05, 4.69) is 42.6 Å². The number of anilines is 1. The highest BCUT2D eigenvalue weighted by Gasteiger charge is 2.41.